The van der Waals surface area contributed by atoms with Gasteiger partial charge in [-0.05, 0) is 0 Å². The second kappa shape index (κ2) is 5.26. The van der Waals surface area contributed by atoms with Crippen molar-refractivity contribution in [3.8, 4) is 0 Å². The van der Waals surface area contributed by atoms with Crippen LogP contribution in [0, 0.1) is 35.5 Å². The third-order valence-electron chi connectivity index (χ3n) is 9.43. The van der Waals surface area contributed by atoms with Gasteiger partial charge in [-0.25, -0.2) is 0 Å². The number of rotatable bonds is 2. The van der Waals surface area contributed by atoms with Crippen LogP contribution in [-0.4, -0.2) is 14.0 Å². The molecule has 0 N–H and O–H groups in total. The first-order valence-electron chi connectivity index (χ1n) is 11.0. The molecule has 25 heavy (non-hydrogen) atoms. The Kier molecular flexibility index (Phi) is 3.31. The fraction of sp³-hybridized carbons (Fsp3) is 0.909. The molecule has 8 aliphatic carbocycles. The fourth-order valence-electron chi connectivity index (χ4n) is 9.41. The third kappa shape index (κ3) is 2.26. The van der Waals surface area contributed by atoms with Gasteiger partial charge in [0, 0.05) is 0 Å². The first kappa shape index (κ1) is 15.7. The molecule has 0 unspecified atom stereocenters. The summed E-state index contributed by atoms with van der Waals surface area (Å²) in [6, 6.07) is 0. The minimum absolute atomic E-state index is 0.740. The van der Waals surface area contributed by atoms with E-state index in [0.29, 0.717) is 0 Å². The molecule has 8 saturated carbocycles. The van der Waals surface area contributed by atoms with Crippen LogP contribution in [0.15, 0.2) is 0 Å². The van der Waals surface area contributed by atoms with Gasteiger partial charge in [-0.15, -0.1) is 0 Å². The van der Waals surface area contributed by atoms with E-state index in [2.05, 4.69) is 9.20 Å². The molecule has 0 nitrogen and oxygen atoms in total. The van der Waals surface area contributed by atoms with Gasteiger partial charge in [0.15, 0.2) is 0 Å². The van der Waals surface area contributed by atoms with Gasteiger partial charge in [-0.3, -0.25) is 0 Å². The predicted octanol–water partition coefficient (Wildman–Crippen LogP) is 6.84. The second-order valence-corrected chi connectivity index (χ2v) is 17.4. The van der Waals surface area contributed by atoms with E-state index in [9.17, 15) is 0 Å². The van der Waals surface area contributed by atoms with E-state index < -0.39 is 0 Å². The van der Waals surface area contributed by atoms with Crippen LogP contribution < -0.4 is 0 Å². The summed E-state index contributed by atoms with van der Waals surface area (Å²) in [5, 5.41) is 2.07. The van der Waals surface area contributed by atoms with Crippen LogP contribution in [0.1, 0.15) is 86.2 Å². The maximum absolute atomic E-state index is 2.12. The summed E-state index contributed by atoms with van der Waals surface area (Å²) in [6.07, 6.45) is 19.3. The van der Waals surface area contributed by atoms with Gasteiger partial charge in [0.1, 0.15) is 0 Å². The molecule has 0 aromatic carbocycles. The molecule has 1 aromatic rings. The van der Waals surface area contributed by atoms with Crippen molar-refractivity contribution in [2.24, 2.45) is 35.5 Å². The molecule has 3 heteroatoms. The Morgan fingerprint density at radius 2 is 1.00 bits per heavy atom. The normalized spacial score (nSPS) is 55.8. The standard InChI is InChI=1S/C22H30P2Se/c1-13-2-15-3-14(1)8-21(7-13,9-15)19-23-20(25-24-19)22-10-16-4-17(11-22)6-18(5-16)12-22/h13-18H,1-12H2. The van der Waals surface area contributed by atoms with Crippen LogP contribution in [0.3, 0.4) is 0 Å². The molecule has 0 radical (unpaired) electrons. The summed E-state index contributed by atoms with van der Waals surface area (Å²) in [6.45, 7) is 1.85. The molecule has 0 amide bonds. The van der Waals surface area contributed by atoms with Crippen molar-refractivity contribution in [3.05, 3.63) is 9.20 Å². The van der Waals surface area contributed by atoms with Gasteiger partial charge < -0.3 is 0 Å². The van der Waals surface area contributed by atoms with Gasteiger partial charge in [-0.1, -0.05) is 0 Å². The van der Waals surface area contributed by atoms with Gasteiger partial charge in [0.25, 0.3) is 0 Å². The van der Waals surface area contributed by atoms with Crippen molar-refractivity contribution < 1.29 is 0 Å². The molecular weight excluding hydrogens is 405 g/mol. The molecule has 1 aromatic heterocycles. The van der Waals surface area contributed by atoms with Crippen LogP contribution in [0.4, 0.5) is 0 Å². The summed E-state index contributed by atoms with van der Waals surface area (Å²) in [4.78, 5) is 0. The molecule has 8 fully saturated rings. The van der Waals surface area contributed by atoms with Gasteiger partial charge >= 0.3 is 162 Å². The molecule has 9 rings (SSSR count). The van der Waals surface area contributed by atoms with Gasteiger partial charge in [-0.2, -0.15) is 0 Å². The average Bonchev–Trinajstić information content (AvgIpc) is 3.04. The fourth-order valence-corrected chi connectivity index (χ4v) is 20.0. The topological polar surface area (TPSA) is 0 Å². The quantitative estimate of drug-likeness (QED) is 0.446. The molecule has 1 heterocycles. The SMILES string of the molecule is C1C2CC3CC1CC(c1p[se]c(C45CC6CC(CC(C6)C4)C5)p1)(C2)C3. The van der Waals surface area contributed by atoms with Gasteiger partial charge in [0.2, 0.25) is 0 Å². The second-order valence-electron chi connectivity index (χ2n) is 11.3. The first-order valence-corrected chi connectivity index (χ1v) is 15.9. The van der Waals surface area contributed by atoms with E-state index in [1.54, 1.807) is 77.0 Å². The van der Waals surface area contributed by atoms with Crippen LogP contribution in [0.2, 0.25) is 0 Å². The van der Waals surface area contributed by atoms with Crippen molar-refractivity contribution in [1.29, 1.82) is 0 Å². The van der Waals surface area contributed by atoms with E-state index >= 15 is 0 Å². The molecular formula is C22H30P2Se. The molecule has 8 bridgehead atoms. The Morgan fingerprint density at radius 3 is 1.44 bits per heavy atom. The van der Waals surface area contributed by atoms with Crippen molar-refractivity contribution in [2.75, 3.05) is 0 Å². The zero-order valence-electron chi connectivity index (χ0n) is 15.3. The Balaban J connectivity index is 1.25. The van der Waals surface area contributed by atoms with Crippen molar-refractivity contribution >= 4 is 29.1 Å². The van der Waals surface area contributed by atoms with Crippen LogP contribution in [0.5, 0.6) is 0 Å². The number of hydrogen-bond donors (Lipinski definition) is 0. The van der Waals surface area contributed by atoms with E-state index in [1.165, 1.54) is 0 Å². The Hall–Kier alpha value is 0.859. The summed E-state index contributed by atoms with van der Waals surface area (Å²) in [5.41, 5.74) is 1.50. The van der Waals surface area contributed by atoms with Crippen molar-refractivity contribution in [1.82, 2.24) is 0 Å². The molecule has 0 spiro atoms. The first-order chi connectivity index (χ1) is 12.2. The third-order valence-corrected chi connectivity index (χ3v) is 18.8. The Labute approximate surface area is 161 Å². The van der Waals surface area contributed by atoms with Crippen LogP contribution in [-0.2, 0) is 10.8 Å². The van der Waals surface area contributed by atoms with Gasteiger partial charge in [0.05, 0.1) is 0 Å². The molecule has 0 atom stereocenters. The van der Waals surface area contributed by atoms with Crippen molar-refractivity contribution in [3.63, 3.8) is 0 Å². The maximum atomic E-state index is 2.12. The van der Waals surface area contributed by atoms with E-state index in [0.717, 1.165) is 60.4 Å². The number of hydrogen-bond acceptors (Lipinski definition) is 0. The van der Waals surface area contributed by atoms with Crippen LogP contribution in [0.25, 0.3) is 0 Å². The summed E-state index contributed by atoms with van der Waals surface area (Å²) in [5.74, 6) is 6.76. The molecule has 0 aliphatic heterocycles. The zero-order valence-corrected chi connectivity index (χ0v) is 18.8. The molecule has 134 valence electrons. The Bertz CT molecular complexity index is 590. The monoisotopic (exact) mass is 436 g/mol. The van der Waals surface area contributed by atoms with E-state index in [-0.39, 0.29) is 0 Å². The average molecular weight is 435 g/mol. The summed E-state index contributed by atoms with van der Waals surface area (Å²) in [7, 11) is 1.83. The van der Waals surface area contributed by atoms with E-state index in [1.807, 2.05) is 15.0 Å². The molecule has 0 saturated heterocycles. The predicted molar refractivity (Wildman–Crippen MR) is 108 cm³/mol. The zero-order chi connectivity index (χ0) is 16.2. The summed E-state index contributed by atoms with van der Waals surface area (Å²) < 4.78 is 2.12. The van der Waals surface area contributed by atoms with E-state index in [4.69, 9.17) is 0 Å². The summed E-state index contributed by atoms with van der Waals surface area (Å²) >= 11 is 0.839. The van der Waals surface area contributed by atoms with Crippen molar-refractivity contribution in [2.45, 2.75) is 87.9 Å². The molecule has 8 aliphatic rings. The Morgan fingerprint density at radius 1 is 0.600 bits per heavy atom. The minimum atomic E-state index is 0.740. The van der Waals surface area contributed by atoms with Crippen LogP contribution >= 0.6 is 15.0 Å².